The number of nitriles is 1. The van der Waals surface area contributed by atoms with E-state index < -0.39 is 5.97 Å². The Bertz CT molecular complexity index is 332. The van der Waals surface area contributed by atoms with E-state index in [-0.39, 0.29) is 25.6 Å². The van der Waals surface area contributed by atoms with Crippen LogP contribution < -0.4 is 0 Å². The molecule has 0 bridgehead atoms. The van der Waals surface area contributed by atoms with Gasteiger partial charge in [-0.15, -0.1) is 0 Å². The summed E-state index contributed by atoms with van der Waals surface area (Å²) in [6.07, 6.45) is 3.01. The number of esters is 2. The molecule has 0 amide bonds. The van der Waals surface area contributed by atoms with Crippen LogP contribution in [0.3, 0.4) is 0 Å². The van der Waals surface area contributed by atoms with Gasteiger partial charge in [-0.1, -0.05) is 6.58 Å². The van der Waals surface area contributed by atoms with Crippen molar-refractivity contribution in [1.82, 2.24) is 0 Å². The number of hydrogen-bond acceptors (Lipinski definition) is 6. The molecule has 0 aliphatic heterocycles. The van der Waals surface area contributed by atoms with E-state index in [0.29, 0.717) is 25.0 Å². The monoisotopic (exact) mass is 255 g/mol. The van der Waals surface area contributed by atoms with Crippen molar-refractivity contribution < 1.29 is 23.8 Å². The minimum Gasteiger partial charge on any atom is -0.462 e. The summed E-state index contributed by atoms with van der Waals surface area (Å²) in [7, 11) is 0. The van der Waals surface area contributed by atoms with Gasteiger partial charge in [0.25, 0.3) is 6.26 Å². The summed E-state index contributed by atoms with van der Waals surface area (Å²) >= 11 is 0. The molecule has 0 aromatic rings. The van der Waals surface area contributed by atoms with Crippen LogP contribution >= 0.6 is 0 Å². The Morgan fingerprint density at radius 2 is 1.83 bits per heavy atom. The fourth-order valence-electron chi connectivity index (χ4n) is 0.974. The average molecular weight is 255 g/mol. The Labute approximate surface area is 106 Å². The maximum atomic E-state index is 11.2. The zero-order chi connectivity index (χ0) is 13.8. The van der Waals surface area contributed by atoms with Crippen molar-refractivity contribution in [2.24, 2.45) is 0 Å². The van der Waals surface area contributed by atoms with Crippen LogP contribution in [-0.4, -0.2) is 31.8 Å². The molecule has 0 fully saturated rings. The van der Waals surface area contributed by atoms with Gasteiger partial charge < -0.3 is 14.2 Å². The Hall–Kier alpha value is -2.03. The minimum atomic E-state index is -0.500. The van der Waals surface area contributed by atoms with E-state index in [1.165, 1.54) is 6.92 Å². The Balaban J connectivity index is 3.40. The van der Waals surface area contributed by atoms with Crippen LogP contribution in [0.1, 0.15) is 26.2 Å². The van der Waals surface area contributed by atoms with Crippen LogP contribution in [0.5, 0.6) is 0 Å². The molecular weight excluding hydrogens is 238 g/mol. The van der Waals surface area contributed by atoms with E-state index >= 15 is 0 Å². The molecule has 0 N–H and O–H groups in total. The number of unbranched alkanes of at least 4 members (excludes halogenated alkanes) is 1. The molecule has 18 heavy (non-hydrogen) atoms. The summed E-state index contributed by atoms with van der Waals surface area (Å²) in [5, 5.41) is 8.09. The van der Waals surface area contributed by atoms with E-state index in [1.54, 1.807) is 6.26 Å². The Kier molecular flexibility index (Phi) is 9.00. The molecule has 6 heteroatoms. The van der Waals surface area contributed by atoms with Crippen LogP contribution in [0.25, 0.3) is 0 Å². The second-order valence-corrected chi connectivity index (χ2v) is 3.53. The van der Waals surface area contributed by atoms with Crippen LogP contribution in [0.4, 0.5) is 0 Å². The first kappa shape index (κ1) is 16.0. The van der Waals surface area contributed by atoms with Crippen molar-refractivity contribution in [1.29, 1.82) is 5.26 Å². The molecule has 0 unspecified atom stereocenters. The fraction of sp³-hybridized carbons (Fsp3) is 0.583. The minimum absolute atomic E-state index is 0.0228. The fourth-order valence-corrected chi connectivity index (χ4v) is 0.974. The van der Waals surface area contributed by atoms with Gasteiger partial charge >= 0.3 is 11.9 Å². The molecular formula is C12H17NO5. The summed E-state index contributed by atoms with van der Waals surface area (Å²) in [6.45, 7) is 5.32. The number of carbonyl (C=O) groups excluding carboxylic acids is 2. The Morgan fingerprint density at radius 1 is 1.17 bits per heavy atom. The number of nitrogens with zero attached hydrogens (tertiary/aromatic N) is 1. The van der Waals surface area contributed by atoms with Gasteiger partial charge in [0.2, 0.25) is 0 Å². The third-order valence-electron chi connectivity index (χ3n) is 1.87. The van der Waals surface area contributed by atoms with Gasteiger partial charge in [-0.05, 0) is 19.8 Å². The van der Waals surface area contributed by atoms with Gasteiger partial charge in [0.15, 0.2) is 0 Å². The maximum Gasteiger partial charge on any atom is 0.333 e. The molecule has 0 rings (SSSR count). The SMILES string of the molecule is C=C(C)C(=O)OCCOC(=O)CCCCOC#N. The summed E-state index contributed by atoms with van der Waals surface area (Å²) in [5.74, 6) is -0.863. The highest BCUT2D eigenvalue weighted by Gasteiger charge is 2.05. The lowest BCUT2D eigenvalue weighted by atomic mass is 10.2. The molecule has 0 aromatic carbocycles. The van der Waals surface area contributed by atoms with Crippen molar-refractivity contribution in [3.63, 3.8) is 0 Å². The number of carbonyl (C=O) groups is 2. The van der Waals surface area contributed by atoms with Crippen molar-refractivity contribution in [3.05, 3.63) is 12.2 Å². The second-order valence-electron chi connectivity index (χ2n) is 3.53. The summed E-state index contributed by atoms with van der Waals surface area (Å²) in [5.41, 5.74) is 0.304. The molecule has 0 aliphatic rings. The zero-order valence-corrected chi connectivity index (χ0v) is 10.4. The molecule has 0 heterocycles. The van der Waals surface area contributed by atoms with Crippen LogP contribution in [0, 0.1) is 11.5 Å². The predicted octanol–water partition coefficient (Wildman–Crippen LogP) is 1.32. The lowest BCUT2D eigenvalue weighted by molar-refractivity contribution is -0.150. The van der Waals surface area contributed by atoms with Crippen molar-refractivity contribution in [2.45, 2.75) is 26.2 Å². The highest BCUT2D eigenvalue weighted by molar-refractivity contribution is 5.86. The lowest BCUT2D eigenvalue weighted by Gasteiger charge is -2.06. The maximum absolute atomic E-state index is 11.2. The first-order valence-electron chi connectivity index (χ1n) is 5.57. The van der Waals surface area contributed by atoms with Crippen molar-refractivity contribution in [2.75, 3.05) is 19.8 Å². The third-order valence-corrected chi connectivity index (χ3v) is 1.87. The van der Waals surface area contributed by atoms with Crippen LogP contribution in [-0.2, 0) is 23.8 Å². The Morgan fingerprint density at radius 3 is 2.44 bits per heavy atom. The highest BCUT2D eigenvalue weighted by Crippen LogP contribution is 1.98. The smallest absolute Gasteiger partial charge is 0.333 e. The van der Waals surface area contributed by atoms with Crippen LogP contribution in [0.2, 0.25) is 0 Å². The summed E-state index contributed by atoms with van der Waals surface area (Å²) in [4.78, 5) is 22.1. The first-order chi connectivity index (χ1) is 8.57. The molecule has 6 nitrogen and oxygen atoms in total. The molecule has 0 saturated carbocycles. The van der Waals surface area contributed by atoms with Gasteiger partial charge in [-0.2, -0.15) is 5.26 Å². The van der Waals surface area contributed by atoms with Crippen LogP contribution in [0.15, 0.2) is 12.2 Å². The molecule has 0 saturated heterocycles. The molecule has 0 aromatic heterocycles. The molecule has 0 atom stereocenters. The standard InChI is InChI=1S/C12H17NO5/c1-10(2)12(15)18-8-7-17-11(14)5-3-4-6-16-9-13/h1,3-8H2,2H3. The van der Waals surface area contributed by atoms with Gasteiger partial charge in [-0.3, -0.25) is 4.79 Å². The van der Waals surface area contributed by atoms with Crippen molar-refractivity contribution in [3.8, 4) is 6.26 Å². The quantitative estimate of drug-likeness (QED) is 0.267. The van der Waals surface area contributed by atoms with Gasteiger partial charge in [0.1, 0.15) is 19.8 Å². The van der Waals surface area contributed by atoms with E-state index in [0.717, 1.165) is 0 Å². The normalized spacial score (nSPS) is 9.11. The van der Waals surface area contributed by atoms with Gasteiger partial charge in [0.05, 0.1) is 0 Å². The van der Waals surface area contributed by atoms with E-state index in [2.05, 4.69) is 11.3 Å². The average Bonchev–Trinajstić information content (AvgIpc) is 2.34. The number of rotatable bonds is 9. The zero-order valence-electron chi connectivity index (χ0n) is 10.4. The summed E-state index contributed by atoms with van der Waals surface area (Å²) < 4.78 is 14.0. The molecule has 0 radical (unpaired) electrons. The summed E-state index contributed by atoms with van der Waals surface area (Å²) in [6, 6.07) is 0. The second kappa shape index (κ2) is 10.1. The first-order valence-corrected chi connectivity index (χ1v) is 5.57. The third kappa shape index (κ3) is 9.21. The molecule has 0 aliphatic carbocycles. The van der Waals surface area contributed by atoms with Gasteiger partial charge in [0, 0.05) is 12.0 Å². The molecule has 0 spiro atoms. The van der Waals surface area contributed by atoms with Crippen molar-refractivity contribution >= 4 is 11.9 Å². The topological polar surface area (TPSA) is 85.6 Å². The van der Waals surface area contributed by atoms with Gasteiger partial charge in [-0.25, -0.2) is 4.79 Å². The molecule has 100 valence electrons. The lowest BCUT2D eigenvalue weighted by Crippen LogP contribution is -2.14. The predicted molar refractivity (Wildman–Crippen MR) is 62.1 cm³/mol. The highest BCUT2D eigenvalue weighted by atomic mass is 16.6. The largest absolute Gasteiger partial charge is 0.462 e. The van der Waals surface area contributed by atoms with E-state index in [9.17, 15) is 9.59 Å². The number of hydrogen-bond donors (Lipinski definition) is 0. The van der Waals surface area contributed by atoms with E-state index in [1.807, 2.05) is 0 Å². The van der Waals surface area contributed by atoms with E-state index in [4.69, 9.17) is 14.7 Å². The number of ether oxygens (including phenoxy) is 3.